The predicted molar refractivity (Wildman–Crippen MR) is 90.2 cm³/mol. The van der Waals surface area contributed by atoms with Crippen LogP contribution in [0.25, 0.3) is 0 Å². The number of benzene rings is 1. The van der Waals surface area contributed by atoms with E-state index in [0.29, 0.717) is 18.1 Å². The van der Waals surface area contributed by atoms with Crippen LogP contribution in [0.3, 0.4) is 0 Å². The molecule has 5 nitrogen and oxygen atoms in total. The first-order valence-corrected chi connectivity index (χ1v) is 8.36. The van der Waals surface area contributed by atoms with E-state index in [2.05, 4.69) is 14.8 Å². The fourth-order valence-electron chi connectivity index (χ4n) is 3.13. The minimum Gasteiger partial charge on any atom is -0.378 e. The van der Waals surface area contributed by atoms with Gasteiger partial charge in [0.1, 0.15) is 5.82 Å². The highest BCUT2D eigenvalue weighted by molar-refractivity contribution is 5.78. The zero-order valence-corrected chi connectivity index (χ0v) is 13.6. The smallest absolute Gasteiger partial charge is 0.191 e. The topological polar surface area (TPSA) is 54.1 Å². The first kappa shape index (κ1) is 16.1. The van der Waals surface area contributed by atoms with Crippen LogP contribution in [0, 0.1) is 5.82 Å². The van der Waals surface area contributed by atoms with Crippen molar-refractivity contribution in [2.24, 2.45) is 10.7 Å². The van der Waals surface area contributed by atoms with Gasteiger partial charge >= 0.3 is 0 Å². The van der Waals surface area contributed by atoms with Crippen LogP contribution in [-0.4, -0.2) is 55.8 Å². The Kier molecular flexibility index (Phi) is 5.00. The Morgan fingerprint density at radius 1 is 1.22 bits per heavy atom. The predicted octanol–water partition coefficient (Wildman–Crippen LogP) is 1.83. The van der Waals surface area contributed by atoms with Gasteiger partial charge in [0.25, 0.3) is 0 Å². The van der Waals surface area contributed by atoms with Crippen molar-refractivity contribution in [3.8, 4) is 0 Å². The fourth-order valence-corrected chi connectivity index (χ4v) is 3.13. The first-order valence-electron chi connectivity index (χ1n) is 8.36. The summed E-state index contributed by atoms with van der Waals surface area (Å²) in [4.78, 5) is 9.00. The highest BCUT2D eigenvalue weighted by Crippen LogP contribution is 2.26. The molecule has 0 atom stereocenters. The number of hydrogen-bond acceptors (Lipinski definition) is 3. The van der Waals surface area contributed by atoms with Crippen LogP contribution in [0.2, 0.25) is 0 Å². The lowest BCUT2D eigenvalue weighted by molar-refractivity contribution is -0.000954. The van der Waals surface area contributed by atoms with Gasteiger partial charge in [-0.15, -0.1) is 0 Å². The molecule has 23 heavy (non-hydrogen) atoms. The van der Waals surface area contributed by atoms with E-state index >= 15 is 0 Å². The van der Waals surface area contributed by atoms with Gasteiger partial charge < -0.3 is 20.3 Å². The van der Waals surface area contributed by atoms with E-state index in [1.54, 1.807) is 0 Å². The molecular weight excluding hydrogens is 295 g/mol. The maximum atomic E-state index is 13.0. The lowest BCUT2D eigenvalue weighted by Gasteiger charge is -2.38. The summed E-state index contributed by atoms with van der Waals surface area (Å²) < 4.78 is 18.5. The number of piperazine rings is 1. The lowest BCUT2D eigenvalue weighted by Crippen LogP contribution is -2.52. The summed E-state index contributed by atoms with van der Waals surface area (Å²) in [5, 5.41) is 0. The summed E-state index contributed by atoms with van der Waals surface area (Å²) in [5.74, 6) is 0.443. The molecule has 0 aromatic heterocycles. The van der Waals surface area contributed by atoms with Crippen LogP contribution in [0.5, 0.6) is 0 Å². The van der Waals surface area contributed by atoms with Gasteiger partial charge in [-0.25, -0.2) is 9.38 Å². The molecule has 1 aliphatic carbocycles. The monoisotopic (exact) mass is 320 g/mol. The molecule has 0 radical (unpaired) electrons. The van der Waals surface area contributed by atoms with Crippen molar-refractivity contribution < 1.29 is 9.13 Å². The molecule has 1 heterocycles. The van der Waals surface area contributed by atoms with Crippen LogP contribution in [-0.2, 0) is 4.74 Å². The van der Waals surface area contributed by atoms with Gasteiger partial charge in [0.15, 0.2) is 5.96 Å². The van der Waals surface area contributed by atoms with E-state index in [4.69, 9.17) is 10.5 Å². The van der Waals surface area contributed by atoms with Gasteiger partial charge in [-0.05, 0) is 44.0 Å². The molecule has 1 saturated carbocycles. The van der Waals surface area contributed by atoms with Crippen molar-refractivity contribution in [3.05, 3.63) is 30.1 Å². The summed E-state index contributed by atoms with van der Waals surface area (Å²) in [5.41, 5.74) is 7.20. The molecule has 0 spiro atoms. The Morgan fingerprint density at radius 2 is 1.87 bits per heavy atom. The normalized spacial score (nSPS) is 25.4. The minimum atomic E-state index is -0.199. The summed E-state index contributed by atoms with van der Waals surface area (Å²) in [6.07, 6.45) is 2.31. The fraction of sp³-hybridized carbons (Fsp3) is 0.588. The number of anilines is 1. The Hall–Kier alpha value is -1.82. The molecule has 0 bridgehead atoms. The van der Waals surface area contributed by atoms with Crippen LogP contribution in [0.15, 0.2) is 29.3 Å². The molecule has 6 heteroatoms. The molecule has 1 aromatic rings. The molecule has 3 rings (SSSR count). The molecular formula is C17H25FN4O. The van der Waals surface area contributed by atoms with E-state index in [0.717, 1.165) is 51.3 Å². The van der Waals surface area contributed by atoms with Crippen LogP contribution in [0.4, 0.5) is 10.1 Å². The largest absolute Gasteiger partial charge is 0.378 e. The van der Waals surface area contributed by atoms with Gasteiger partial charge in [0.05, 0.1) is 12.1 Å². The molecule has 1 aliphatic heterocycles. The summed E-state index contributed by atoms with van der Waals surface area (Å²) in [7, 11) is 0. The van der Waals surface area contributed by atoms with Crippen molar-refractivity contribution in [1.82, 2.24) is 4.90 Å². The highest BCUT2D eigenvalue weighted by atomic mass is 19.1. The SMILES string of the molecule is CCOC1CC(N=C(N)N2CCN(c3ccc(F)cc3)CC2)C1. The van der Waals surface area contributed by atoms with Gasteiger partial charge in [-0.2, -0.15) is 0 Å². The second-order valence-electron chi connectivity index (χ2n) is 6.14. The van der Waals surface area contributed by atoms with Gasteiger partial charge in [0, 0.05) is 38.5 Å². The quantitative estimate of drug-likeness (QED) is 0.679. The molecule has 0 amide bonds. The Labute approximate surface area is 136 Å². The number of rotatable bonds is 4. The summed E-state index contributed by atoms with van der Waals surface area (Å²) >= 11 is 0. The average Bonchev–Trinajstić information content (AvgIpc) is 2.54. The molecule has 0 unspecified atom stereocenters. The van der Waals surface area contributed by atoms with E-state index in [-0.39, 0.29) is 5.82 Å². The number of nitrogens with two attached hydrogens (primary N) is 1. The third-order valence-corrected chi connectivity index (χ3v) is 4.58. The van der Waals surface area contributed by atoms with Crippen molar-refractivity contribution in [2.75, 3.05) is 37.7 Å². The number of ether oxygens (including phenoxy) is 1. The van der Waals surface area contributed by atoms with Crippen LogP contribution in [0.1, 0.15) is 19.8 Å². The summed E-state index contributed by atoms with van der Waals surface area (Å²) in [6.45, 7) is 6.21. The highest BCUT2D eigenvalue weighted by Gasteiger charge is 2.30. The first-order chi connectivity index (χ1) is 11.2. The van der Waals surface area contributed by atoms with E-state index in [1.807, 2.05) is 19.1 Å². The number of nitrogens with zero attached hydrogens (tertiary/aromatic N) is 3. The van der Waals surface area contributed by atoms with Crippen molar-refractivity contribution in [2.45, 2.75) is 31.9 Å². The zero-order chi connectivity index (χ0) is 16.2. The standard InChI is InChI=1S/C17H25FN4O/c1-2-23-16-11-14(12-16)20-17(19)22-9-7-21(8-10-22)15-5-3-13(18)4-6-15/h3-6,14,16H,2,7-12H2,1H3,(H2,19,20). The number of hydrogen-bond donors (Lipinski definition) is 1. The van der Waals surface area contributed by atoms with Gasteiger partial charge in [-0.1, -0.05) is 0 Å². The van der Waals surface area contributed by atoms with Gasteiger partial charge in [-0.3, -0.25) is 0 Å². The van der Waals surface area contributed by atoms with Crippen LogP contribution >= 0.6 is 0 Å². The number of guanidine groups is 1. The molecule has 2 N–H and O–H groups in total. The van der Waals surface area contributed by atoms with E-state index in [9.17, 15) is 4.39 Å². The second-order valence-corrected chi connectivity index (χ2v) is 6.14. The lowest BCUT2D eigenvalue weighted by atomic mass is 9.90. The molecule has 126 valence electrons. The zero-order valence-electron chi connectivity index (χ0n) is 13.6. The van der Waals surface area contributed by atoms with Crippen molar-refractivity contribution >= 4 is 11.6 Å². The van der Waals surface area contributed by atoms with Crippen LogP contribution < -0.4 is 10.6 Å². The average molecular weight is 320 g/mol. The van der Waals surface area contributed by atoms with Crippen molar-refractivity contribution in [1.29, 1.82) is 0 Å². The number of halogens is 1. The summed E-state index contributed by atoms with van der Waals surface area (Å²) in [6, 6.07) is 6.96. The van der Waals surface area contributed by atoms with Crippen molar-refractivity contribution in [3.63, 3.8) is 0 Å². The molecule has 1 aromatic carbocycles. The Balaban J connectivity index is 1.48. The third kappa shape index (κ3) is 3.93. The van der Waals surface area contributed by atoms with E-state index < -0.39 is 0 Å². The maximum Gasteiger partial charge on any atom is 0.191 e. The maximum absolute atomic E-state index is 13.0. The molecule has 1 saturated heterocycles. The minimum absolute atomic E-state index is 0.199. The molecule has 2 aliphatic rings. The number of aliphatic imine (C=N–C) groups is 1. The molecule has 2 fully saturated rings. The Morgan fingerprint density at radius 3 is 2.48 bits per heavy atom. The van der Waals surface area contributed by atoms with E-state index in [1.165, 1.54) is 12.1 Å². The Bertz CT molecular complexity index is 534. The third-order valence-electron chi connectivity index (χ3n) is 4.58. The van der Waals surface area contributed by atoms with Gasteiger partial charge in [0.2, 0.25) is 0 Å². The second kappa shape index (κ2) is 7.17.